The Labute approximate surface area is 126 Å². The van der Waals surface area contributed by atoms with Crippen LogP contribution in [0, 0.1) is 12.8 Å². The molecular weight excluding hydrogens is 292 g/mol. The molecule has 1 aromatic rings. The van der Waals surface area contributed by atoms with Gasteiger partial charge in [0.25, 0.3) is 0 Å². The zero-order valence-electron chi connectivity index (χ0n) is 13.0. The summed E-state index contributed by atoms with van der Waals surface area (Å²) < 4.78 is 37.5. The van der Waals surface area contributed by atoms with E-state index >= 15 is 0 Å². The smallest absolute Gasteiger partial charge is 0.244 e. The topological polar surface area (TPSA) is 90.7 Å². The third-order valence-corrected chi connectivity index (χ3v) is 4.31. The monoisotopic (exact) mass is 316 g/mol. The molecule has 0 saturated carbocycles. The number of sulfonamides is 1. The molecule has 0 fully saturated rings. The van der Waals surface area contributed by atoms with Gasteiger partial charge < -0.3 is 15.2 Å². The van der Waals surface area contributed by atoms with Gasteiger partial charge in [-0.2, -0.15) is 0 Å². The highest BCUT2D eigenvalue weighted by Crippen LogP contribution is 2.28. The molecule has 0 spiro atoms. The molecule has 0 unspecified atom stereocenters. The van der Waals surface area contributed by atoms with Gasteiger partial charge in [-0.25, -0.2) is 13.1 Å². The molecular formula is C14H24N2O4S. The number of benzene rings is 1. The predicted molar refractivity (Wildman–Crippen MR) is 83.0 cm³/mol. The summed E-state index contributed by atoms with van der Waals surface area (Å²) in [5.41, 5.74) is 6.96. The normalized spacial score (nSPS) is 11.9. The van der Waals surface area contributed by atoms with E-state index in [0.717, 1.165) is 5.56 Å². The Balaban J connectivity index is 2.76. The number of aryl methyl sites for hydroxylation is 1. The molecule has 1 rings (SSSR count). The van der Waals surface area contributed by atoms with Gasteiger partial charge in [-0.05, 0) is 30.5 Å². The van der Waals surface area contributed by atoms with Crippen molar-refractivity contribution in [3.8, 4) is 5.75 Å². The first-order chi connectivity index (χ1) is 9.77. The van der Waals surface area contributed by atoms with E-state index in [2.05, 4.69) is 4.72 Å². The van der Waals surface area contributed by atoms with Crippen molar-refractivity contribution in [2.75, 3.05) is 32.6 Å². The Morgan fingerprint density at radius 3 is 2.57 bits per heavy atom. The van der Waals surface area contributed by atoms with Crippen molar-refractivity contribution in [3.63, 3.8) is 0 Å². The minimum atomic E-state index is -3.68. The minimum absolute atomic E-state index is 0.0389. The van der Waals surface area contributed by atoms with E-state index in [-0.39, 0.29) is 17.2 Å². The quantitative estimate of drug-likeness (QED) is 0.561. The third kappa shape index (κ3) is 5.18. The highest BCUT2D eigenvalue weighted by Gasteiger charge is 2.20. The summed E-state index contributed by atoms with van der Waals surface area (Å²) >= 11 is 0. The molecule has 0 saturated heterocycles. The predicted octanol–water partition coefficient (Wildman–Crippen LogP) is 1.54. The number of methoxy groups -OCH3 is 1. The maximum atomic E-state index is 12.3. The number of nitrogen functional groups attached to an aromatic ring is 1. The third-order valence-electron chi connectivity index (χ3n) is 2.83. The molecule has 3 N–H and O–H groups in total. The van der Waals surface area contributed by atoms with Crippen LogP contribution in [0.1, 0.15) is 19.4 Å². The molecule has 0 amide bonds. The lowest BCUT2D eigenvalue weighted by atomic mass is 10.2. The minimum Gasteiger partial charge on any atom is -0.495 e. The van der Waals surface area contributed by atoms with Gasteiger partial charge >= 0.3 is 0 Å². The van der Waals surface area contributed by atoms with Crippen molar-refractivity contribution in [2.24, 2.45) is 5.92 Å². The summed E-state index contributed by atoms with van der Waals surface area (Å²) in [7, 11) is -2.25. The van der Waals surface area contributed by atoms with E-state index in [4.69, 9.17) is 15.2 Å². The lowest BCUT2D eigenvalue weighted by Gasteiger charge is -2.13. The molecule has 0 radical (unpaired) electrons. The van der Waals surface area contributed by atoms with Crippen molar-refractivity contribution in [1.29, 1.82) is 0 Å². The van der Waals surface area contributed by atoms with Crippen molar-refractivity contribution >= 4 is 15.7 Å². The van der Waals surface area contributed by atoms with Gasteiger partial charge in [-0.15, -0.1) is 0 Å². The fourth-order valence-electron chi connectivity index (χ4n) is 1.69. The van der Waals surface area contributed by atoms with Gasteiger partial charge in [0.05, 0.1) is 13.7 Å². The van der Waals surface area contributed by atoms with Gasteiger partial charge in [0.15, 0.2) is 0 Å². The SMILES string of the molecule is COc1cc(C)c(N)cc1S(=O)(=O)NCCOCC(C)C. The molecule has 0 aliphatic rings. The first-order valence-electron chi connectivity index (χ1n) is 6.79. The van der Waals surface area contributed by atoms with Gasteiger partial charge in [0.2, 0.25) is 10.0 Å². The van der Waals surface area contributed by atoms with Crippen LogP contribution in [0.3, 0.4) is 0 Å². The Morgan fingerprint density at radius 1 is 1.33 bits per heavy atom. The summed E-state index contributed by atoms with van der Waals surface area (Å²) in [5.74, 6) is 0.691. The number of hydrogen-bond donors (Lipinski definition) is 2. The second-order valence-electron chi connectivity index (χ2n) is 5.23. The van der Waals surface area contributed by atoms with Crippen LogP contribution >= 0.6 is 0 Å². The number of nitrogens with one attached hydrogen (secondary N) is 1. The number of hydrogen-bond acceptors (Lipinski definition) is 5. The molecule has 6 nitrogen and oxygen atoms in total. The molecule has 120 valence electrons. The highest BCUT2D eigenvalue weighted by atomic mass is 32.2. The molecule has 0 aliphatic carbocycles. The van der Waals surface area contributed by atoms with Crippen LogP contribution < -0.4 is 15.2 Å². The van der Waals surface area contributed by atoms with Gasteiger partial charge in [-0.1, -0.05) is 13.8 Å². The summed E-state index contributed by atoms with van der Waals surface area (Å²) in [6.45, 7) is 6.98. The Morgan fingerprint density at radius 2 is 2.00 bits per heavy atom. The summed E-state index contributed by atoms with van der Waals surface area (Å²) in [5, 5.41) is 0. The van der Waals surface area contributed by atoms with Gasteiger partial charge in [0, 0.05) is 18.8 Å². The van der Waals surface area contributed by atoms with Crippen molar-refractivity contribution < 1.29 is 17.9 Å². The average molecular weight is 316 g/mol. The number of ether oxygens (including phenoxy) is 2. The summed E-state index contributed by atoms with van der Waals surface area (Å²) in [4.78, 5) is 0.0389. The van der Waals surface area contributed by atoms with Crippen LogP contribution in [0.5, 0.6) is 5.75 Å². The van der Waals surface area contributed by atoms with E-state index in [0.29, 0.717) is 24.8 Å². The molecule has 1 aromatic carbocycles. The lowest BCUT2D eigenvalue weighted by Crippen LogP contribution is -2.28. The largest absolute Gasteiger partial charge is 0.495 e. The van der Waals surface area contributed by atoms with Crippen LogP contribution in [-0.2, 0) is 14.8 Å². The molecule has 0 bridgehead atoms. The Kier molecular flexibility index (Phi) is 6.44. The zero-order chi connectivity index (χ0) is 16.0. The molecule has 0 atom stereocenters. The van der Waals surface area contributed by atoms with Crippen LogP contribution in [0.15, 0.2) is 17.0 Å². The van der Waals surface area contributed by atoms with Crippen LogP contribution in [0.25, 0.3) is 0 Å². The van der Waals surface area contributed by atoms with Crippen LogP contribution in [0.4, 0.5) is 5.69 Å². The van der Waals surface area contributed by atoms with E-state index in [1.165, 1.54) is 13.2 Å². The molecule has 0 aliphatic heterocycles. The Hall–Kier alpha value is -1.31. The lowest BCUT2D eigenvalue weighted by molar-refractivity contribution is 0.114. The fourth-order valence-corrected chi connectivity index (χ4v) is 2.89. The van der Waals surface area contributed by atoms with E-state index in [1.54, 1.807) is 13.0 Å². The second-order valence-corrected chi connectivity index (χ2v) is 6.96. The van der Waals surface area contributed by atoms with Gasteiger partial charge in [0.1, 0.15) is 10.6 Å². The fraction of sp³-hybridized carbons (Fsp3) is 0.571. The molecule has 0 aromatic heterocycles. The highest BCUT2D eigenvalue weighted by molar-refractivity contribution is 7.89. The standard InChI is InChI=1S/C14H24N2O4S/c1-10(2)9-20-6-5-16-21(17,18)14-8-12(15)11(3)7-13(14)19-4/h7-8,10,16H,5-6,9,15H2,1-4H3. The van der Waals surface area contributed by atoms with E-state index < -0.39 is 10.0 Å². The second kappa shape index (κ2) is 7.63. The first-order valence-corrected chi connectivity index (χ1v) is 8.27. The van der Waals surface area contributed by atoms with Crippen LogP contribution in [-0.4, -0.2) is 35.3 Å². The van der Waals surface area contributed by atoms with E-state index in [1.807, 2.05) is 13.8 Å². The van der Waals surface area contributed by atoms with Crippen LogP contribution in [0.2, 0.25) is 0 Å². The number of nitrogens with two attached hydrogens (primary N) is 1. The molecule has 21 heavy (non-hydrogen) atoms. The molecule has 7 heteroatoms. The van der Waals surface area contributed by atoms with Gasteiger partial charge in [-0.3, -0.25) is 0 Å². The van der Waals surface area contributed by atoms with E-state index in [9.17, 15) is 8.42 Å². The maximum Gasteiger partial charge on any atom is 0.244 e. The number of rotatable bonds is 8. The first kappa shape index (κ1) is 17.7. The average Bonchev–Trinajstić information content (AvgIpc) is 2.40. The maximum absolute atomic E-state index is 12.3. The Bertz CT molecular complexity index is 571. The summed E-state index contributed by atoms with van der Waals surface area (Å²) in [6, 6.07) is 3.02. The van der Waals surface area contributed by atoms with Crippen molar-refractivity contribution in [2.45, 2.75) is 25.7 Å². The van der Waals surface area contributed by atoms with Crippen molar-refractivity contribution in [1.82, 2.24) is 4.72 Å². The zero-order valence-corrected chi connectivity index (χ0v) is 13.8. The summed E-state index contributed by atoms with van der Waals surface area (Å²) in [6.07, 6.45) is 0. The number of anilines is 1. The van der Waals surface area contributed by atoms with Crippen molar-refractivity contribution in [3.05, 3.63) is 17.7 Å². The molecule has 0 heterocycles.